The molecule has 0 radical (unpaired) electrons. The number of primary amides is 1. The summed E-state index contributed by atoms with van der Waals surface area (Å²) in [6, 6.07) is -0.865. The van der Waals surface area contributed by atoms with Crippen LogP contribution in [0.4, 0.5) is 0 Å². The van der Waals surface area contributed by atoms with E-state index < -0.39 is 29.2 Å². The van der Waals surface area contributed by atoms with Crippen molar-refractivity contribution in [2.75, 3.05) is 6.54 Å². The Morgan fingerprint density at radius 1 is 1.20 bits per heavy atom. The fourth-order valence-electron chi connectivity index (χ4n) is 3.90. The van der Waals surface area contributed by atoms with Crippen molar-refractivity contribution >= 4 is 29.3 Å². The lowest BCUT2D eigenvalue weighted by atomic mass is 9.57. The average Bonchev–Trinajstić information content (AvgIpc) is 2.50. The van der Waals surface area contributed by atoms with Gasteiger partial charge in [0.1, 0.15) is 17.6 Å². The molecule has 1 saturated heterocycles. The van der Waals surface area contributed by atoms with Crippen molar-refractivity contribution in [1.82, 2.24) is 5.32 Å². The molecule has 2 aliphatic rings. The molecule has 2 rings (SSSR count). The van der Waals surface area contributed by atoms with Gasteiger partial charge in [0.2, 0.25) is 11.8 Å². The van der Waals surface area contributed by atoms with Crippen molar-refractivity contribution in [3.63, 3.8) is 0 Å². The summed E-state index contributed by atoms with van der Waals surface area (Å²) in [6.45, 7) is 1.93. The number of carbonyl (C=O) groups excluding carboxylic acids is 4. The van der Waals surface area contributed by atoms with Gasteiger partial charge in [0.25, 0.3) is 0 Å². The molecule has 1 unspecified atom stereocenters. The number of carbonyl (C=O) groups is 4. The van der Waals surface area contributed by atoms with Crippen molar-refractivity contribution < 1.29 is 19.2 Å². The van der Waals surface area contributed by atoms with E-state index in [1.807, 2.05) is 0 Å². The number of nitrogens with zero attached hydrogens (tertiary/aromatic N) is 1. The first kappa shape index (κ1) is 18.9. The lowest BCUT2D eigenvalue weighted by molar-refractivity contribution is -0.151. The molecule has 9 heteroatoms. The largest absolute Gasteiger partial charge is 0.370 e. The molecule has 1 saturated carbocycles. The molecule has 0 aromatic carbocycles. The van der Waals surface area contributed by atoms with Crippen LogP contribution in [0, 0.1) is 17.3 Å². The second-order valence-corrected chi connectivity index (χ2v) is 7.04. The lowest BCUT2D eigenvalue weighted by Crippen LogP contribution is -2.60. The van der Waals surface area contributed by atoms with Gasteiger partial charge in [-0.1, -0.05) is 0 Å². The van der Waals surface area contributed by atoms with Crippen LogP contribution in [-0.4, -0.2) is 41.9 Å². The van der Waals surface area contributed by atoms with Crippen molar-refractivity contribution in [1.29, 1.82) is 0 Å². The van der Waals surface area contributed by atoms with E-state index in [1.165, 1.54) is 0 Å². The molecule has 25 heavy (non-hydrogen) atoms. The van der Waals surface area contributed by atoms with Crippen LogP contribution in [0.25, 0.3) is 0 Å². The topological polar surface area (TPSA) is 171 Å². The average molecular weight is 351 g/mol. The maximum atomic E-state index is 12.6. The maximum Gasteiger partial charge on any atom is 0.240 e. The number of nitrogens with two attached hydrogens (primary N) is 3. The zero-order valence-corrected chi connectivity index (χ0v) is 14.3. The number of guanidine groups is 1. The summed E-state index contributed by atoms with van der Waals surface area (Å²) in [5.41, 5.74) is 15.1. The molecule has 1 aliphatic heterocycles. The number of piperidine rings is 1. The zero-order chi connectivity index (χ0) is 18.8. The van der Waals surface area contributed by atoms with Crippen molar-refractivity contribution in [2.24, 2.45) is 39.4 Å². The van der Waals surface area contributed by atoms with Crippen LogP contribution >= 0.6 is 0 Å². The maximum absolute atomic E-state index is 12.6. The standard InChI is InChI=1S/C16H25N5O4/c1-8-11(22)6-16(7-12(8)23)5-10(13(17)24)21-14(25)9(16)3-2-4-20-15(18)19/h8-10H,2-7H2,1H3,(H2,17,24)(H,21,25)(H4,18,19,20)/t8?,9-,10?,16?/m0/s1. The number of hydrogen-bond donors (Lipinski definition) is 4. The number of hydrogen-bond acceptors (Lipinski definition) is 5. The van der Waals surface area contributed by atoms with Crippen LogP contribution in [0.2, 0.25) is 0 Å². The minimum atomic E-state index is -0.865. The Morgan fingerprint density at radius 3 is 2.32 bits per heavy atom. The highest BCUT2D eigenvalue weighted by molar-refractivity contribution is 6.06. The highest BCUT2D eigenvalue weighted by Gasteiger charge is 2.54. The number of nitrogens with one attached hydrogen (secondary N) is 1. The molecule has 7 N–H and O–H groups in total. The first-order valence-electron chi connectivity index (χ1n) is 8.37. The SMILES string of the molecule is CC1C(=O)CC2(CC1=O)CC(C(N)=O)NC(=O)[C@@H]2CCCN=C(N)N. The molecule has 0 bridgehead atoms. The number of ketones is 2. The van der Waals surface area contributed by atoms with Crippen LogP contribution in [0.3, 0.4) is 0 Å². The van der Waals surface area contributed by atoms with Crippen molar-refractivity contribution in [3.8, 4) is 0 Å². The Balaban J connectivity index is 2.25. The minimum absolute atomic E-state index is 0.0338. The van der Waals surface area contributed by atoms with Crippen molar-refractivity contribution in [3.05, 3.63) is 0 Å². The van der Waals surface area contributed by atoms with Crippen molar-refractivity contribution in [2.45, 2.75) is 45.1 Å². The fraction of sp³-hybridized carbons (Fsp3) is 0.688. The molecule has 2 fully saturated rings. The molecule has 138 valence electrons. The lowest BCUT2D eigenvalue weighted by Gasteiger charge is -2.48. The first-order chi connectivity index (χ1) is 11.7. The van der Waals surface area contributed by atoms with Gasteiger partial charge < -0.3 is 22.5 Å². The normalized spacial score (nSPS) is 32.4. The molecule has 1 aliphatic carbocycles. The number of rotatable bonds is 5. The van der Waals surface area contributed by atoms with Gasteiger partial charge in [-0.15, -0.1) is 0 Å². The number of aliphatic imine (C=N–C) groups is 1. The van der Waals surface area contributed by atoms with E-state index in [1.54, 1.807) is 6.92 Å². The summed E-state index contributed by atoms with van der Waals surface area (Å²) in [4.78, 5) is 52.7. The van der Waals surface area contributed by atoms with E-state index in [2.05, 4.69) is 10.3 Å². The molecule has 1 spiro atoms. The molecule has 2 amide bonds. The van der Waals surface area contributed by atoms with Gasteiger partial charge in [0, 0.05) is 25.3 Å². The fourth-order valence-corrected chi connectivity index (χ4v) is 3.90. The molecule has 0 aromatic heterocycles. The Kier molecular flexibility index (Phi) is 5.44. The van der Waals surface area contributed by atoms with E-state index in [4.69, 9.17) is 17.2 Å². The van der Waals surface area contributed by atoms with Gasteiger partial charge in [-0.05, 0) is 31.6 Å². The molecule has 9 nitrogen and oxygen atoms in total. The third kappa shape index (κ3) is 3.97. The highest BCUT2D eigenvalue weighted by atomic mass is 16.2. The number of Topliss-reactive ketones (excluding diaryl/α,β-unsaturated/α-hetero) is 2. The van der Waals surface area contributed by atoms with Gasteiger partial charge in [-0.25, -0.2) is 0 Å². The van der Waals surface area contributed by atoms with Gasteiger partial charge in [0.05, 0.1) is 5.92 Å². The monoisotopic (exact) mass is 351 g/mol. The Hall–Kier alpha value is -2.45. The van der Waals surface area contributed by atoms with Crippen LogP contribution < -0.4 is 22.5 Å². The summed E-state index contributed by atoms with van der Waals surface area (Å²) in [5.74, 6) is -2.65. The van der Waals surface area contributed by atoms with E-state index >= 15 is 0 Å². The van der Waals surface area contributed by atoms with Gasteiger partial charge in [-0.3, -0.25) is 24.2 Å². The molecule has 0 aromatic rings. The van der Waals surface area contributed by atoms with Crippen LogP contribution in [0.1, 0.15) is 39.0 Å². The van der Waals surface area contributed by atoms with Gasteiger partial charge in [-0.2, -0.15) is 0 Å². The summed E-state index contributed by atoms with van der Waals surface area (Å²) in [6.07, 6.45) is 1.35. The summed E-state index contributed by atoms with van der Waals surface area (Å²) < 4.78 is 0. The first-order valence-corrected chi connectivity index (χ1v) is 8.37. The molecule has 1 heterocycles. The Bertz CT molecular complexity index is 608. The van der Waals surface area contributed by atoms with Crippen LogP contribution in [0.15, 0.2) is 4.99 Å². The quantitative estimate of drug-likeness (QED) is 0.205. The summed E-state index contributed by atoms with van der Waals surface area (Å²) in [5, 5.41) is 2.61. The second kappa shape index (κ2) is 7.20. The zero-order valence-electron chi connectivity index (χ0n) is 14.3. The predicted molar refractivity (Wildman–Crippen MR) is 90.0 cm³/mol. The second-order valence-electron chi connectivity index (χ2n) is 7.04. The van der Waals surface area contributed by atoms with E-state index in [0.29, 0.717) is 19.4 Å². The minimum Gasteiger partial charge on any atom is -0.370 e. The Morgan fingerprint density at radius 2 is 1.80 bits per heavy atom. The molecule has 2 atom stereocenters. The summed E-state index contributed by atoms with van der Waals surface area (Å²) in [7, 11) is 0. The van der Waals surface area contributed by atoms with E-state index in [0.717, 1.165) is 0 Å². The van der Waals surface area contributed by atoms with E-state index in [-0.39, 0.29) is 42.7 Å². The predicted octanol–water partition coefficient (Wildman–Crippen LogP) is -1.42. The highest BCUT2D eigenvalue weighted by Crippen LogP contribution is 2.49. The summed E-state index contributed by atoms with van der Waals surface area (Å²) >= 11 is 0. The Labute approximate surface area is 145 Å². The molecular formula is C16H25N5O4. The van der Waals surface area contributed by atoms with Crippen LogP contribution in [-0.2, 0) is 19.2 Å². The molecular weight excluding hydrogens is 326 g/mol. The third-order valence-corrected chi connectivity index (χ3v) is 5.29. The van der Waals surface area contributed by atoms with Crippen LogP contribution in [0.5, 0.6) is 0 Å². The van der Waals surface area contributed by atoms with Gasteiger partial charge >= 0.3 is 0 Å². The smallest absolute Gasteiger partial charge is 0.240 e. The van der Waals surface area contributed by atoms with Gasteiger partial charge in [0.15, 0.2) is 5.96 Å². The van der Waals surface area contributed by atoms with E-state index in [9.17, 15) is 19.2 Å². The number of amides is 2. The third-order valence-electron chi connectivity index (χ3n) is 5.29.